The fourth-order valence-electron chi connectivity index (χ4n) is 3.03. The molecular weight excluding hydrogens is 332 g/mol. The highest BCUT2D eigenvalue weighted by atomic mass is 35.5. The van der Waals surface area contributed by atoms with Gasteiger partial charge in [0.05, 0.1) is 6.42 Å². The van der Waals surface area contributed by atoms with Gasteiger partial charge in [0.15, 0.2) is 0 Å². The molecule has 0 aliphatic rings. The molecule has 3 rings (SSSR count). The van der Waals surface area contributed by atoms with E-state index in [1.54, 1.807) is 0 Å². The molecule has 0 unspecified atom stereocenters. The van der Waals surface area contributed by atoms with E-state index < -0.39 is 0 Å². The van der Waals surface area contributed by atoms with Crippen molar-refractivity contribution in [3.63, 3.8) is 0 Å². The first kappa shape index (κ1) is 17.6. The number of hydrogen-bond acceptors (Lipinski definition) is 1. The van der Waals surface area contributed by atoms with Gasteiger partial charge in [-0.25, -0.2) is 0 Å². The molecule has 1 amide bonds. The Morgan fingerprint density at radius 1 is 1.20 bits per heavy atom. The van der Waals surface area contributed by atoms with Crippen molar-refractivity contribution in [1.82, 2.24) is 9.88 Å². The van der Waals surface area contributed by atoms with Crippen LogP contribution in [0.3, 0.4) is 0 Å². The number of nitrogens with zero attached hydrogens (tertiary/aromatic N) is 1. The van der Waals surface area contributed by atoms with Gasteiger partial charge in [-0.1, -0.05) is 48.9 Å². The lowest BCUT2D eigenvalue weighted by Gasteiger charge is -2.10. The maximum atomic E-state index is 12.3. The van der Waals surface area contributed by atoms with Gasteiger partial charge in [-0.3, -0.25) is 4.79 Å². The zero-order chi connectivity index (χ0) is 17.8. The van der Waals surface area contributed by atoms with E-state index in [1.807, 2.05) is 37.3 Å². The van der Waals surface area contributed by atoms with E-state index >= 15 is 0 Å². The molecule has 0 fully saturated rings. The number of carbonyl (C=O) groups is 1. The summed E-state index contributed by atoms with van der Waals surface area (Å²) in [5.41, 5.74) is 3.33. The molecule has 130 valence electrons. The van der Waals surface area contributed by atoms with Crippen LogP contribution in [0.5, 0.6) is 0 Å². The Kier molecular flexibility index (Phi) is 5.44. The minimum Gasteiger partial charge on any atom is -0.353 e. The number of benzene rings is 2. The third kappa shape index (κ3) is 4.23. The molecule has 0 spiro atoms. The first-order valence-corrected chi connectivity index (χ1v) is 9.05. The molecular formula is C21H23ClN2O. The Morgan fingerprint density at radius 2 is 2.00 bits per heavy atom. The number of aromatic nitrogens is 1. The third-order valence-corrected chi connectivity index (χ3v) is 4.72. The summed E-state index contributed by atoms with van der Waals surface area (Å²) >= 11 is 6.10. The molecule has 25 heavy (non-hydrogen) atoms. The molecule has 3 nitrogen and oxygen atoms in total. The van der Waals surface area contributed by atoms with Crippen molar-refractivity contribution in [2.45, 2.75) is 39.3 Å². The SMILES string of the molecule is CC[C@H](C)NC(=O)Cc1cn(Cc2cccc(Cl)c2)c2ccccc12. The first-order valence-electron chi connectivity index (χ1n) is 8.67. The third-order valence-electron chi connectivity index (χ3n) is 4.48. The summed E-state index contributed by atoms with van der Waals surface area (Å²) in [6.07, 6.45) is 3.41. The maximum absolute atomic E-state index is 12.3. The lowest BCUT2D eigenvalue weighted by atomic mass is 10.1. The number of rotatable bonds is 6. The molecule has 1 N–H and O–H groups in total. The average molecular weight is 355 g/mol. The summed E-state index contributed by atoms with van der Waals surface area (Å²) in [4.78, 5) is 12.3. The van der Waals surface area contributed by atoms with Crippen LogP contribution in [0.2, 0.25) is 5.02 Å². The Labute approximate surface area is 153 Å². The van der Waals surface area contributed by atoms with Gasteiger partial charge in [0.1, 0.15) is 0 Å². The zero-order valence-corrected chi connectivity index (χ0v) is 15.4. The first-order chi connectivity index (χ1) is 12.1. The van der Waals surface area contributed by atoms with Gasteiger partial charge in [-0.05, 0) is 42.7 Å². The molecule has 0 aliphatic carbocycles. The van der Waals surface area contributed by atoms with E-state index in [-0.39, 0.29) is 11.9 Å². The summed E-state index contributed by atoms with van der Waals surface area (Å²) in [5, 5.41) is 4.91. The van der Waals surface area contributed by atoms with Crippen molar-refractivity contribution in [3.05, 3.63) is 70.9 Å². The standard InChI is InChI=1S/C21H23ClN2O/c1-3-15(2)23-21(25)12-17-14-24(20-10-5-4-9-19(17)20)13-16-7-6-8-18(22)11-16/h4-11,14-15H,3,12-13H2,1-2H3,(H,23,25)/t15-/m0/s1. The van der Waals surface area contributed by atoms with E-state index in [1.165, 1.54) is 0 Å². The van der Waals surface area contributed by atoms with E-state index in [2.05, 4.69) is 41.2 Å². The molecule has 0 saturated heterocycles. The molecule has 4 heteroatoms. The van der Waals surface area contributed by atoms with Crippen molar-refractivity contribution in [1.29, 1.82) is 0 Å². The second kappa shape index (κ2) is 7.75. The van der Waals surface area contributed by atoms with E-state index in [4.69, 9.17) is 11.6 Å². The lowest BCUT2D eigenvalue weighted by Crippen LogP contribution is -2.33. The summed E-state index contributed by atoms with van der Waals surface area (Å²) in [6, 6.07) is 16.3. The Bertz CT molecular complexity index is 884. The number of carbonyl (C=O) groups excluding carboxylic acids is 1. The van der Waals surface area contributed by atoms with Gasteiger partial charge < -0.3 is 9.88 Å². The largest absolute Gasteiger partial charge is 0.353 e. The van der Waals surface area contributed by atoms with Crippen LogP contribution in [-0.2, 0) is 17.8 Å². The maximum Gasteiger partial charge on any atom is 0.224 e. The normalized spacial score (nSPS) is 12.3. The molecule has 1 aromatic heterocycles. The number of para-hydroxylation sites is 1. The summed E-state index contributed by atoms with van der Waals surface area (Å²) in [5.74, 6) is 0.0695. The highest BCUT2D eigenvalue weighted by molar-refractivity contribution is 6.30. The monoisotopic (exact) mass is 354 g/mol. The van der Waals surface area contributed by atoms with Crippen LogP contribution in [0.15, 0.2) is 54.7 Å². The second-order valence-electron chi connectivity index (χ2n) is 6.48. The predicted octanol–water partition coefficient (Wildman–Crippen LogP) is 4.80. The summed E-state index contributed by atoms with van der Waals surface area (Å²) < 4.78 is 2.19. The van der Waals surface area contributed by atoms with Crippen LogP contribution in [0.1, 0.15) is 31.4 Å². The second-order valence-corrected chi connectivity index (χ2v) is 6.92. The van der Waals surface area contributed by atoms with Crippen molar-refractivity contribution in [3.8, 4) is 0 Å². The molecule has 0 saturated carbocycles. The molecule has 3 aromatic rings. The van der Waals surface area contributed by atoms with Crippen LogP contribution in [0.25, 0.3) is 10.9 Å². The van der Waals surface area contributed by atoms with Gasteiger partial charge in [0.2, 0.25) is 5.91 Å². The molecule has 1 heterocycles. The number of amides is 1. The molecule has 0 bridgehead atoms. The summed E-state index contributed by atoms with van der Waals surface area (Å²) in [6.45, 7) is 4.83. The predicted molar refractivity (Wildman–Crippen MR) is 104 cm³/mol. The topological polar surface area (TPSA) is 34.0 Å². The highest BCUT2D eigenvalue weighted by Gasteiger charge is 2.13. The van der Waals surface area contributed by atoms with E-state index in [9.17, 15) is 4.79 Å². The zero-order valence-electron chi connectivity index (χ0n) is 14.6. The van der Waals surface area contributed by atoms with Gasteiger partial charge in [0.25, 0.3) is 0 Å². The minimum atomic E-state index is 0.0695. The number of fused-ring (bicyclic) bond motifs is 1. The van der Waals surface area contributed by atoms with Crippen molar-refractivity contribution < 1.29 is 4.79 Å². The fraction of sp³-hybridized carbons (Fsp3) is 0.286. The smallest absolute Gasteiger partial charge is 0.224 e. The van der Waals surface area contributed by atoms with Crippen LogP contribution in [0, 0.1) is 0 Å². The molecule has 0 aliphatic heterocycles. The van der Waals surface area contributed by atoms with Crippen LogP contribution >= 0.6 is 11.6 Å². The number of nitrogens with one attached hydrogen (secondary N) is 1. The molecule has 0 radical (unpaired) electrons. The Balaban J connectivity index is 1.89. The lowest BCUT2D eigenvalue weighted by molar-refractivity contribution is -0.121. The van der Waals surface area contributed by atoms with Crippen molar-refractivity contribution in [2.24, 2.45) is 0 Å². The quantitative estimate of drug-likeness (QED) is 0.677. The van der Waals surface area contributed by atoms with Crippen molar-refractivity contribution >= 4 is 28.4 Å². The average Bonchev–Trinajstić information content (AvgIpc) is 2.92. The van der Waals surface area contributed by atoms with E-state index in [0.717, 1.165) is 40.0 Å². The number of hydrogen-bond donors (Lipinski definition) is 1. The Morgan fingerprint density at radius 3 is 2.76 bits per heavy atom. The molecule has 1 atom stereocenters. The number of halogens is 1. The fourth-order valence-corrected chi connectivity index (χ4v) is 3.24. The summed E-state index contributed by atoms with van der Waals surface area (Å²) in [7, 11) is 0. The van der Waals surface area contributed by atoms with Gasteiger partial charge in [-0.2, -0.15) is 0 Å². The highest BCUT2D eigenvalue weighted by Crippen LogP contribution is 2.23. The van der Waals surface area contributed by atoms with Crippen molar-refractivity contribution in [2.75, 3.05) is 0 Å². The van der Waals surface area contributed by atoms with Gasteiger partial charge >= 0.3 is 0 Å². The van der Waals surface area contributed by atoms with Crippen LogP contribution in [-0.4, -0.2) is 16.5 Å². The van der Waals surface area contributed by atoms with E-state index in [0.29, 0.717) is 6.42 Å². The van der Waals surface area contributed by atoms with Gasteiger partial charge in [-0.15, -0.1) is 0 Å². The van der Waals surface area contributed by atoms with Crippen LogP contribution in [0.4, 0.5) is 0 Å². The Hall–Kier alpha value is -2.26. The molecule has 2 aromatic carbocycles. The minimum absolute atomic E-state index is 0.0695. The van der Waals surface area contributed by atoms with Gasteiger partial charge in [0, 0.05) is 34.7 Å². The van der Waals surface area contributed by atoms with Crippen LogP contribution < -0.4 is 5.32 Å².